The number of furan rings is 1. The number of amides is 1. The number of nitrogens with one attached hydrogen (secondary N) is 1. The Morgan fingerprint density at radius 2 is 1.81 bits per heavy atom. The molecule has 132 valence electrons. The predicted molar refractivity (Wildman–Crippen MR) is 102 cm³/mol. The summed E-state index contributed by atoms with van der Waals surface area (Å²) >= 11 is 0. The highest BCUT2D eigenvalue weighted by Crippen LogP contribution is 2.38. The van der Waals surface area contributed by atoms with E-state index in [9.17, 15) is 9.59 Å². The van der Waals surface area contributed by atoms with Gasteiger partial charge in [0.2, 0.25) is 0 Å². The molecular formula is C22H21NO3. The number of Topliss-reactive ketones (excluding diaryl/α,β-unsaturated/α-hetero) is 1. The van der Waals surface area contributed by atoms with Crippen LogP contribution in [0, 0.1) is 12.3 Å². The zero-order chi connectivity index (χ0) is 18.5. The van der Waals surface area contributed by atoms with E-state index in [-0.39, 0.29) is 22.9 Å². The first kappa shape index (κ1) is 16.6. The minimum Gasteiger partial charge on any atom is -0.455 e. The quantitative estimate of drug-likeness (QED) is 0.697. The Labute approximate surface area is 152 Å². The van der Waals surface area contributed by atoms with Gasteiger partial charge in [-0.3, -0.25) is 9.59 Å². The first-order chi connectivity index (χ1) is 12.4. The number of benzene rings is 2. The summed E-state index contributed by atoms with van der Waals surface area (Å²) in [5.41, 5.74) is 1.82. The SMILES string of the molecule is Cc1c(C(=O)Nc2cccc3ccccc23)oc2c1C(=O)CC(C)(C)C2. The van der Waals surface area contributed by atoms with Crippen molar-refractivity contribution in [3.8, 4) is 0 Å². The van der Waals surface area contributed by atoms with Gasteiger partial charge in [-0.1, -0.05) is 50.2 Å². The molecule has 0 aliphatic heterocycles. The lowest BCUT2D eigenvalue weighted by Crippen LogP contribution is -2.26. The van der Waals surface area contributed by atoms with Crippen LogP contribution in [0.4, 0.5) is 5.69 Å². The Bertz CT molecular complexity index is 1040. The van der Waals surface area contributed by atoms with E-state index in [0.717, 1.165) is 16.5 Å². The van der Waals surface area contributed by atoms with Crippen molar-refractivity contribution < 1.29 is 14.0 Å². The molecule has 4 heteroatoms. The Hall–Kier alpha value is -2.88. The average Bonchev–Trinajstić information content (AvgIpc) is 2.90. The van der Waals surface area contributed by atoms with Crippen LogP contribution in [0.3, 0.4) is 0 Å². The minimum atomic E-state index is -0.321. The van der Waals surface area contributed by atoms with E-state index < -0.39 is 0 Å². The van der Waals surface area contributed by atoms with Crippen LogP contribution in [-0.2, 0) is 6.42 Å². The highest BCUT2D eigenvalue weighted by molar-refractivity contribution is 6.10. The van der Waals surface area contributed by atoms with Crippen molar-refractivity contribution >= 4 is 28.2 Å². The zero-order valence-corrected chi connectivity index (χ0v) is 15.2. The fourth-order valence-corrected chi connectivity index (χ4v) is 3.81. The maximum Gasteiger partial charge on any atom is 0.291 e. The molecule has 1 aliphatic rings. The Morgan fingerprint density at radius 3 is 2.62 bits per heavy atom. The summed E-state index contributed by atoms with van der Waals surface area (Å²) in [6.45, 7) is 5.87. The molecule has 0 saturated carbocycles. The smallest absolute Gasteiger partial charge is 0.291 e. The van der Waals surface area contributed by atoms with Gasteiger partial charge in [-0.2, -0.15) is 0 Å². The second-order valence-electron chi connectivity index (χ2n) is 7.78. The second-order valence-corrected chi connectivity index (χ2v) is 7.78. The topological polar surface area (TPSA) is 59.3 Å². The number of hydrogen-bond donors (Lipinski definition) is 1. The Kier molecular flexibility index (Phi) is 3.72. The largest absolute Gasteiger partial charge is 0.455 e. The summed E-state index contributed by atoms with van der Waals surface area (Å²) < 4.78 is 5.86. The van der Waals surface area contributed by atoms with Crippen LogP contribution in [-0.4, -0.2) is 11.7 Å². The molecule has 1 aliphatic carbocycles. The van der Waals surface area contributed by atoms with Gasteiger partial charge in [0, 0.05) is 29.5 Å². The van der Waals surface area contributed by atoms with Crippen molar-refractivity contribution in [2.24, 2.45) is 5.41 Å². The maximum atomic E-state index is 12.8. The van der Waals surface area contributed by atoms with Crippen LogP contribution in [0.5, 0.6) is 0 Å². The molecule has 3 aromatic rings. The van der Waals surface area contributed by atoms with Crippen LogP contribution in [0.2, 0.25) is 0 Å². The summed E-state index contributed by atoms with van der Waals surface area (Å²) in [6.07, 6.45) is 1.14. The molecule has 0 radical (unpaired) electrons. The summed E-state index contributed by atoms with van der Waals surface area (Å²) in [5, 5.41) is 4.96. The van der Waals surface area contributed by atoms with Crippen molar-refractivity contribution in [1.82, 2.24) is 0 Å². The molecule has 0 bridgehead atoms. The molecule has 26 heavy (non-hydrogen) atoms. The Balaban J connectivity index is 1.71. The third-order valence-corrected chi connectivity index (χ3v) is 5.02. The van der Waals surface area contributed by atoms with Crippen LogP contribution in [0.1, 0.15) is 52.5 Å². The standard InChI is InChI=1S/C22H21NO3/c1-13-19-17(24)11-22(2,3)12-18(19)26-20(13)21(25)23-16-10-6-8-14-7-4-5-9-15(14)16/h4-10H,11-12H2,1-3H3,(H,23,25). The molecule has 2 aromatic carbocycles. The van der Waals surface area contributed by atoms with Gasteiger partial charge in [0.15, 0.2) is 11.5 Å². The van der Waals surface area contributed by atoms with E-state index in [1.807, 2.05) is 56.3 Å². The molecular weight excluding hydrogens is 326 g/mol. The third kappa shape index (κ3) is 2.71. The molecule has 4 rings (SSSR count). The number of carbonyl (C=O) groups excluding carboxylic acids is 2. The van der Waals surface area contributed by atoms with Crippen molar-refractivity contribution in [2.45, 2.75) is 33.6 Å². The molecule has 1 heterocycles. The van der Waals surface area contributed by atoms with Gasteiger partial charge >= 0.3 is 0 Å². The molecule has 1 aromatic heterocycles. The van der Waals surface area contributed by atoms with Crippen LogP contribution in [0.15, 0.2) is 46.9 Å². The predicted octanol–water partition coefficient (Wildman–Crippen LogP) is 5.15. The van der Waals surface area contributed by atoms with E-state index in [1.54, 1.807) is 6.92 Å². The van der Waals surface area contributed by atoms with E-state index in [2.05, 4.69) is 5.32 Å². The zero-order valence-electron chi connectivity index (χ0n) is 15.2. The van der Waals surface area contributed by atoms with Gasteiger partial charge in [0.25, 0.3) is 5.91 Å². The summed E-state index contributed by atoms with van der Waals surface area (Å²) in [4.78, 5) is 25.3. The van der Waals surface area contributed by atoms with Gasteiger partial charge in [-0.25, -0.2) is 0 Å². The van der Waals surface area contributed by atoms with Crippen molar-refractivity contribution in [2.75, 3.05) is 5.32 Å². The highest BCUT2D eigenvalue weighted by atomic mass is 16.4. The van der Waals surface area contributed by atoms with Gasteiger partial charge in [0.1, 0.15) is 5.76 Å². The third-order valence-electron chi connectivity index (χ3n) is 5.02. The molecule has 0 unspecified atom stereocenters. The van der Waals surface area contributed by atoms with Gasteiger partial charge in [0.05, 0.1) is 5.56 Å². The van der Waals surface area contributed by atoms with E-state index >= 15 is 0 Å². The summed E-state index contributed by atoms with van der Waals surface area (Å²) in [6, 6.07) is 13.7. The number of ketones is 1. The lowest BCUT2D eigenvalue weighted by molar-refractivity contribution is 0.0898. The summed E-state index contributed by atoms with van der Waals surface area (Å²) in [5.74, 6) is 0.598. The van der Waals surface area contributed by atoms with Crippen molar-refractivity contribution in [3.63, 3.8) is 0 Å². The lowest BCUT2D eigenvalue weighted by atomic mass is 9.76. The Morgan fingerprint density at radius 1 is 1.08 bits per heavy atom. The molecule has 1 amide bonds. The maximum absolute atomic E-state index is 12.8. The number of anilines is 1. The fourth-order valence-electron chi connectivity index (χ4n) is 3.81. The summed E-state index contributed by atoms with van der Waals surface area (Å²) in [7, 11) is 0. The van der Waals surface area contributed by atoms with Gasteiger partial charge < -0.3 is 9.73 Å². The highest BCUT2D eigenvalue weighted by Gasteiger charge is 2.37. The van der Waals surface area contributed by atoms with E-state index in [1.165, 1.54) is 0 Å². The molecule has 0 saturated heterocycles. The fraction of sp³-hybridized carbons (Fsp3) is 0.273. The van der Waals surface area contributed by atoms with E-state index in [4.69, 9.17) is 4.42 Å². The van der Waals surface area contributed by atoms with Crippen LogP contribution < -0.4 is 5.32 Å². The number of fused-ring (bicyclic) bond motifs is 2. The number of carbonyl (C=O) groups is 2. The number of rotatable bonds is 2. The minimum absolute atomic E-state index is 0.0571. The monoisotopic (exact) mass is 347 g/mol. The first-order valence-electron chi connectivity index (χ1n) is 8.80. The van der Waals surface area contributed by atoms with Crippen LogP contribution in [0.25, 0.3) is 10.8 Å². The van der Waals surface area contributed by atoms with E-state index in [0.29, 0.717) is 29.7 Å². The average molecular weight is 347 g/mol. The molecule has 0 fully saturated rings. The van der Waals surface area contributed by atoms with Crippen molar-refractivity contribution in [3.05, 3.63) is 65.1 Å². The van der Waals surface area contributed by atoms with Crippen LogP contribution >= 0.6 is 0 Å². The number of hydrogen-bond acceptors (Lipinski definition) is 3. The molecule has 0 atom stereocenters. The van der Waals surface area contributed by atoms with Crippen molar-refractivity contribution in [1.29, 1.82) is 0 Å². The molecule has 4 nitrogen and oxygen atoms in total. The first-order valence-corrected chi connectivity index (χ1v) is 8.80. The normalized spacial score (nSPS) is 15.7. The molecule has 0 spiro atoms. The molecule has 1 N–H and O–H groups in total. The van der Waals surface area contributed by atoms with Gasteiger partial charge in [-0.15, -0.1) is 0 Å². The van der Waals surface area contributed by atoms with Gasteiger partial charge in [-0.05, 0) is 23.8 Å². The second kappa shape index (κ2) is 5.84. The lowest BCUT2D eigenvalue weighted by Gasteiger charge is -2.27.